The van der Waals surface area contributed by atoms with Crippen molar-refractivity contribution in [2.75, 3.05) is 46.8 Å². The van der Waals surface area contributed by atoms with Gasteiger partial charge in [-0.05, 0) is 71.6 Å². The Hall–Kier alpha value is -3.90. The highest BCUT2D eigenvalue weighted by atomic mass is 35.5. The van der Waals surface area contributed by atoms with Crippen LogP contribution in [0.25, 0.3) is 0 Å². The lowest BCUT2D eigenvalue weighted by atomic mass is 10.1. The molecule has 2 aromatic rings. The van der Waals surface area contributed by atoms with Crippen molar-refractivity contribution in [1.82, 2.24) is 10.2 Å². The minimum atomic E-state index is -0.605. The summed E-state index contributed by atoms with van der Waals surface area (Å²) in [5.74, 6) is 0.176. The van der Waals surface area contributed by atoms with Crippen LogP contribution in [0.4, 0.5) is 20.6 Å². The number of benzene rings is 2. The zero-order valence-corrected chi connectivity index (χ0v) is 26.7. The van der Waals surface area contributed by atoms with Crippen LogP contribution in [0.3, 0.4) is 0 Å². The quantitative estimate of drug-likeness (QED) is 0.128. The molecule has 1 amide bonds. The third-order valence-electron chi connectivity index (χ3n) is 6.20. The first-order valence-corrected chi connectivity index (χ1v) is 13.9. The Morgan fingerprint density at radius 3 is 2.44 bits per heavy atom. The Balaban J connectivity index is 2.31. The molecule has 0 aliphatic heterocycles. The predicted octanol–water partition coefficient (Wildman–Crippen LogP) is 5.60. The number of methoxy groups -OCH3 is 2. The van der Waals surface area contributed by atoms with Crippen LogP contribution in [-0.2, 0) is 20.8 Å². The molecule has 0 heterocycles. The molecule has 0 spiro atoms. The van der Waals surface area contributed by atoms with E-state index in [9.17, 15) is 14.0 Å². The van der Waals surface area contributed by atoms with E-state index in [0.717, 1.165) is 0 Å². The number of esters is 1. The minimum Gasteiger partial charge on any atom is -0.493 e. The summed E-state index contributed by atoms with van der Waals surface area (Å²) in [6, 6.07) is 5.55. The number of halogens is 2. The molecule has 0 fully saturated rings. The number of hydrogen-bond donors (Lipinski definition) is 2. The number of likely N-dealkylation sites (N-methyl/N-ethyl adjacent to an activating group) is 1. The Morgan fingerprint density at radius 1 is 1.16 bits per heavy atom. The van der Waals surface area contributed by atoms with Gasteiger partial charge >= 0.3 is 12.1 Å². The standard InChI is InChI=1S/C30H41ClFN5O6/c1-18(28(38)41-9)37(7)17-19-13-22(32)21(31)15-23(19)36-27(34-6)20-14-26(25(40-8)16-24(20)33-5)42-12-10-11-35-29(39)43-30(2,3)4/h13-16,18H,5,10-12,17H2,1-4,6-9H3,(H,34,36)(H,35,39)/t18-/m0/s1. The molecule has 0 aliphatic rings. The van der Waals surface area contributed by atoms with Gasteiger partial charge in [0.2, 0.25) is 0 Å². The summed E-state index contributed by atoms with van der Waals surface area (Å²) in [6.07, 6.45) is -0.00365. The maximum atomic E-state index is 14.5. The van der Waals surface area contributed by atoms with Crippen LogP contribution < -0.4 is 20.1 Å². The van der Waals surface area contributed by atoms with E-state index >= 15 is 0 Å². The molecule has 43 heavy (non-hydrogen) atoms. The molecule has 2 N–H and O–H groups in total. The first-order chi connectivity index (χ1) is 20.2. The summed E-state index contributed by atoms with van der Waals surface area (Å²) < 4.78 is 36.1. The lowest BCUT2D eigenvalue weighted by Gasteiger charge is -2.24. The van der Waals surface area contributed by atoms with Crippen LogP contribution in [0.1, 0.15) is 45.2 Å². The molecule has 0 bridgehead atoms. The number of amidine groups is 1. The monoisotopic (exact) mass is 621 g/mol. The van der Waals surface area contributed by atoms with Gasteiger partial charge in [-0.3, -0.25) is 19.7 Å². The Morgan fingerprint density at radius 2 is 1.86 bits per heavy atom. The summed E-state index contributed by atoms with van der Waals surface area (Å²) in [6.45, 7) is 11.5. The molecule has 2 aromatic carbocycles. The lowest BCUT2D eigenvalue weighted by molar-refractivity contribution is -0.145. The van der Waals surface area contributed by atoms with Gasteiger partial charge in [0.15, 0.2) is 11.5 Å². The van der Waals surface area contributed by atoms with Crippen molar-refractivity contribution in [2.24, 2.45) is 9.98 Å². The summed E-state index contributed by atoms with van der Waals surface area (Å²) in [7, 11) is 6.12. The Labute approximate surface area is 257 Å². The lowest BCUT2D eigenvalue weighted by Crippen LogP contribution is -2.36. The number of amides is 1. The first-order valence-electron chi connectivity index (χ1n) is 13.5. The highest BCUT2D eigenvalue weighted by molar-refractivity contribution is 6.31. The van der Waals surface area contributed by atoms with Crippen molar-refractivity contribution in [3.8, 4) is 11.5 Å². The number of carbonyl (C=O) groups excluding carboxylic acids is 2. The molecule has 2 rings (SSSR count). The van der Waals surface area contributed by atoms with Crippen LogP contribution in [0.2, 0.25) is 5.02 Å². The maximum absolute atomic E-state index is 14.5. The number of alkyl carbamates (subject to hydrolysis) is 1. The number of ether oxygens (including phenoxy) is 4. The number of hydrogen-bond acceptors (Lipinski definition) is 9. The molecule has 0 aromatic heterocycles. The molecule has 0 unspecified atom stereocenters. The fourth-order valence-corrected chi connectivity index (χ4v) is 4.03. The normalized spacial score (nSPS) is 12.4. The highest BCUT2D eigenvalue weighted by Crippen LogP contribution is 2.36. The third kappa shape index (κ3) is 10.4. The van der Waals surface area contributed by atoms with E-state index in [4.69, 9.17) is 30.5 Å². The van der Waals surface area contributed by atoms with E-state index in [1.807, 2.05) is 0 Å². The average Bonchev–Trinajstić information content (AvgIpc) is 2.95. The molecule has 0 saturated carbocycles. The van der Waals surface area contributed by atoms with Crippen molar-refractivity contribution in [3.63, 3.8) is 0 Å². The van der Waals surface area contributed by atoms with E-state index in [0.29, 0.717) is 52.8 Å². The average molecular weight is 622 g/mol. The second kappa shape index (κ2) is 16.1. The minimum absolute atomic E-state index is 0.0915. The second-order valence-corrected chi connectivity index (χ2v) is 11.0. The Bertz CT molecular complexity index is 1330. The number of anilines is 1. The third-order valence-corrected chi connectivity index (χ3v) is 6.49. The predicted molar refractivity (Wildman–Crippen MR) is 167 cm³/mol. The topological polar surface area (TPSA) is 123 Å². The van der Waals surface area contributed by atoms with Gasteiger partial charge in [-0.15, -0.1) is 0 Å². The SMILES string of the molecule is C=Nc1cc(OC)c(OCCCNC(=O)OC(C)(C)C)cc1/C(=N\C)Nc1cc(Cl)c(F)cc1CN(C)[C@@H](C)C(=O)OC. The van der Waals surface area contributed by atoms with Gasteiger partial charge in [0.25, 0.3) is 0 Å². The van der Waals surface area contributed by atoms with Crippen molar-refractivity contribution >= 4 is 47.6 Å². The van der Waals surface area contributed by atoms with E-state index in [1.54, 1.807) is 58.8 Å². The van der Waals surface area contributed by atoms with Crippen molar-refractivity contribution in [2.45, 2.75) is 52.3 Å². The smallest absolute Gasteiger partial charge is 0.407 e. The number of carbonyl (C=O) groups is 2. The van der Waals surface area contributed by atoms with E-state index in [1.165, 1.54) is 26.4 Å². The summed E-state index contributed by atoms with van der Waals surface area (Å²) in [5, 5.41) is 5.83. The van der Waals surface area contributed by atoms with Crippen LogP contribution in [0.5, 0.6) is 11.5 Å². The maximum Gasteiger partial charge on any atom is 0.407 e. The molecule has 0 saturated heterocycles. The Kier molecular flexibility index (Phi) is 13.2. The molecule has 0 aliphatic carbocycles. The van der Waals surface area contributed by atoms with Gasteiger partial charge in [-0.25, -0.2) is 9.18 Å². The van der Waals surface area contributed by atoms with Gasteiger partial charge in [-0.2, -0.15) is 0 Å². The zero-order valence-electron chi connectivity index (χ0n) is 26.0. The second-order valence-electron chi connectivity index (χ2n) is 10.5. The van der Waals surface area contributed by atoms with Gasteiger partial charge in [-0.1, -0.05) is 11.6 Å². The summed E-state index contributed by atoms with van der Waals surface area (Å²) >= 11 is 6.15. The summed E-state index contributed by atoms with van der Waals surface area (Å²) in [5.41, 5.74) is 1.39. The van der Waals surface area contributed by atoms with E-state index in [-0.39, 0.29) is 18.2 Å². The fraction of sp³-hybridized carbons (Fsp3) is 0.467. The van der Waals surface area contributed by atoms with Crippen molar-refractivity contribution < 1.29 is 32.9 Å². The van der Waals surface area contributed by atoms with Crippen molar-refractivity contribution in [3.05, 3.63) is 46.2 Å². The van der Waals surface area contributed by atoms with Gasteiger partial charge < -0.3 is 29.6 Å². The van der Waals surface area contributed by atoms with Crippen LogP contribution in [0.15, 0.2) is 34.3 Å². The van der Waals surface area contributed by atoms with Gasteiger partial charge in [0.1, 0.15) is 23.3 Å². The summed E-state index contributed by atoms with van der Waals surface area (Å²) in [4.78, 5) is 34.2. The van der Waals surface area contributed by atoms with Crippen molar-refractivity contribution in [1.29, 1.82) is 0 Å². The number of aliphatic imine (C=N–C) groups is 2. The number of rotatable bonds is 13. The van der Waals surface area contributed by atoms with Gasteiger partial charge in [0.05, 0.1) is 31.5 Å². The molecule has 0 radical (unpaired) electrons. The molecule has 11 nitrogen and oxygen atoms in total. The number of nitrogens with one attached hydrogen (secondary N) is 2. The van der Waals surface area contributed by atoms with Crippen LogP contribution in [-0.4, -0.2) is 82.6 Å². The van der Waals surface area contributed by atoms with Crippen LogP contribution in [0, 0.1) is 5.82 Å². The molecule has 13 heteroatoms. The zero-order chi connectivity index (χ0) is 32.3. The first kappa shape index (κ1) is 35.3. The van der Waals surface area contributed by atoms with E-state index in [2.05, 4.69) is 27.3 Å². The molecule has 1 atom stereocenters. The largest absolute Gasteiger partial charge is 0.493 e. The fourth-order valence-electron chi connectivity index (χ4n) is 3.86. The van der Waals surface area contributed by atoms with Gasteiger partial charge in [0, 0.05) is 37.5 Å². The molecular formula is C30H41ClFN5O6. The van der Waals surface area contributed by atoms with Crippen LogP contribution >= 0.6 is 11.6 Å². The number of nitrogens with zero attached hydrogens (tertiary/aromatic N) is 3. The molecular weight excluding hydrogens is 581 g/mol. The highest BCUT2D eigenvalue weighted by Gasteiger charge is 2.22. The molecule has 236 valence electrons. The van der Waals surface area contributed by atoms with E-state index < -0.39 is 29.5 Å².